The van der Waals surface area contributed by atoms with Gasteiger partial charge in [-0.25, -0.2) is 0 Å². The molecule has 0 saturated carbocycles. The molecule has 1 unspecified atom stereocenters. The Morgan fingerprint density at radius 1 is 1.06 bits per heavy atom. The van der Waals surface area contributed by atoms with Crippen molar-refractivity contribution in [2.75, 3.05) is 18.6 Å². The van der Waals surface area contributed by atoms with Crippen molar-refractivity contribution in [3.8, 4) is 5.75 Å². The van der Waals surface area contributed by atoms with Crippen LogP contribution in [0.2, 0.25) is 0 Å². The first-order chi connectivity index (χ1) is 17.2. The molecule has 0 spiro atoms. The highest BCUT2D eigenvalue weighted by atomic mass is 32.1. The van der Waals surface area contributed by atoms with Gasteiger partial charge in [-0.15, -0.1) is 11.3 Å². The molecule has 3 amide bonds. The second-order valence-corrected chi connectivity index (χ2v) is 10.1. The molecule has 3 aromatic rings. The van der Waals surface area contributed by atoms with E-state index in [-0.39, 0.29) is 18.4 Å². The Hall–Kier alpha value is -3.65. The molecule has 0 bridgehead atoms. The molecule has 1 aromatic heterocycles. The van der Waals surface area contributed by atoms with Gasteiger partial charge in [0.05, 0.1) is 18.5 Å². The summed E-state index contributed by atoms with van der Waals surface area (Å²) in [5, 5.41) is 7.60. The Bertz CT molecular complexity index is 1210. The van der Waals surface area contributed by atoms with Gasteiger partial charge >= 0.3 is 0 Å². The van der Waals surface area contributed by atoms with Crippen LogP contribution in [-0.2, 0) is 9.59 Å². The molecule has 2 aromatic carbocycles. The van der Waals surface area contributed by atoms with Gasteiger partial charge in [-0.1, -0.05) is 43.3 Å². The van der Waals surface area contributed by atoms with Crippen LogP contribution in [-0.4, -0.2) is 36.9 Å². The fraction of sp³-hybridized carbons (Fsp3) is 0.321. The van der Waals surface area contributed by atoms with E-state index < -0.39 is 17.5 Å². The maximum atomic E-state index is 13.8. The first-order valence-electron chi connectivity index (χ1n) is 11.8. The molecule has 3 rings (SSSR count). The molecule has 36 heavy (non-hydrogen) atoms. The third-order valence-corrected chi connectivity index (χ3v) is 6.92. The average molecular weight is 508 g/mol. The Balaban J connectivity index is 2.07. The predicted molar refractivity (Wildman–Crippen MR) is 144 cm³/mol. The minimum Gasteiger partial charge on any atom is -0.497 e. The van der Waals surface area contributed by atoms with Gasteiger partial charge in [0.2, 0.25) is 11.8 Å². The van der Waals surface area contributed by atoms with Gasteiger partial charge in [-0.2, -0.15) is 0 Å². The lowest BCUT2D eigenvalue weighted by Crippen LogP contribution is -2.52. The number of rotatable bonds is 10. The van der Waals surface area contributed by atoms with E-state index in [0.717, 1.165) is 5.56 Å². The summed E-state index contributed by atoms with van der Waals surface area (Å²) in [6.45, 7) is 7.49. The maximum Gasteiger partial charge on any atom is 0.261 e. The van der Waals surface area contributed by atoms with Crippen molar-refractivity contribution in [1.29, 1.82) is 0 Å². The zero-order chi connectivity index (χ0) is 26.3. The van der Waals surface area contributed by atoms with Crippen LogP contribution in [0.1, 0.15) is 54.0 Å². The number of anilines is 1. The summed E-state index contributed by atoms with van der Waals surface area (Å²) < 4.78 is 5.41. The summed E-state index contributed by atoms with van der Waals surface area (Å²) in [6, 6.07) is 17.0. The molecular formula is C28H33N3O4S. The number of nitrogens with zero attached hydrogens (tertiary/aromatic N) is 1. The Labute approximate surface area is 216 Å². The monoisotopic (exact) mass is 507 g/mol. The number of hydrogen-bond donors (Lipinski definition) is 2. The summed E-state index contributed by atoms with van der Waals surface area (Å²) in [4.78, 5) is 42.2. The molecule has 0 saturated heterocycles. The standard InChI is InChI=1S/C28H33N3O4S/c1-6-28(3,4)30-27(34)25(20-12-9-13-21(17-20)35-5)31(22-14-8-7-11-19(22)2)24(32)18-29-26(33)23-15-10-16-36-23/h7-17,25H,6,18H2,1-5H3,(H,29,33)(H,30,34). The molecule has 190 valence electrons. The van der Waals surface area contributed by atoms with Crippen molar-refractivity contribution in [1.82, 2.24) is 10.6 Å². The molecule has 1 heterocycles. The van der Waals surface area contributed by atoms with E-state index in [2.05, 4.69) is 10.6 Å². The lowest BCUT2D eigenvalue weighted by atomic mass is 9.97. The van der Waals surface area contributed by atoms with E-state index in [1.807, 2.05) is 45.9 Å². The average Bonchev–Trinajstić information content (AvgIpc) is 3.41. The van der Waals surface area contributed by atoms with Crippen molar-refractivity contribution < 1.29 is 19.1 Å². The predicted octanol–water partition coefficient (Wildman–Crippen LogP) is 4.87. The number of aryl methyl sites for hydroxylation is 1. The van der Waals surface area contributed by atoms with Crippen LogP contribution in [0.4, 0.5) is 5.69 Å². The third-order valence-electron chi connectivity index (χ3n) is 6.05. The fourth-order valence-electron chi connectivity index (χ4n) is 3.71. The number of ether oxygens (including phenoxy) is 1. The quantitative estimate of drug-likeness (QED) is 0.410. The first kappa shape index (κ1) is 26.9. The third kappa shape index (κ3) is 6.51. The molecule has 0 aliphatic rings. The minimum absolute atomic E-state index is 0.268. The van der Waals surface area contributed by atoms with Crippen LogP contribution in [0.25, 0.3) is 0 Å². The van der Waals surface area contributed by atoms with Crippen molar-refractivity contribution in [2.24, 2.45) is 0 Å². The van der Waals surface area contributed by atoms with Crippen molar-refractivity contribution in [3.63, 3.8) is 0 Å². The van der Waals surface area contributed by atoms with E-state index in [1.165, 1.54) is 16.2 Å². The number of methoxy groups -OCH3 is 1. The number of hydrogen-bond acceptors (Lipinski definition) is 5. The van der Waals surface area contributed by atoms with Crippen molar-refractivity contribution in [3.05, 3.63) is 82.0 Å². The number of amides is 3. The van der Waals surface area contributed by atoms with E-state index >= 15 is 0 Å². The van der Waals surface area contributed by atoms with E-state index in [0.29, 0.717) is 28.3 Å². The number of benzene rings is 2. The number of para-hydroxylation sites is 1. The maximum absolute atomic E-state index is 13.8. The van der Waals surface area contributed by atoms with Crippen LogP contribution in [0, 0.1) is 6.92 Å². The van der Waals surface area contributed by atoms with E-state index in [4.69, 9.17) is 4.74 Å². The lowest BCUT2D eigenvalue weighted by Gasteiger charge is -2.35. The molecule has 0 aliphatic carbocycles. The van der Waals surface area contributed by atoms with Crippen LogP contribution in [0.15, 0.2) is 66.0 Å². The fourth-order valence-corrected chi connectivity index (χ4v) is 4.35. The van der Waals surface area contributed by atoms with Crippen LogP contribution >= 0.6 is 11.3 Å². The highest BCUT2D eigenvalue weighted by molar-refractivity contribution is 7.12. The Morgan fingerprint density at radius 2 is 1.81 bits per heavy atom. The highest BCUT2D eigenvalue weighted by Crippen LogP contribution is 2.32. The van der Waals surface area contributed by atoms with Crippen molar-refractivity contribution >= 4 is 34.7 Å². The van der Waals surface area contributed by atoms with E-state index in [9.17, 15) is 14.4 Å². The van der Waals surface area contributed by atoms with Gasteiger partial charge in [0.25, 0.3) is 5.91 Å². The molecule has 0 fully saturated rings. The number of nitrogens with one attached hydrogen (secondary N) is 2. The zero-order valence-electron chi connectivity index (χ0n) is 21.3. The van der Waals surface area contributed by atoms with Gasteiger partial charge in [-0.05, 0) is 68.0 Å². The number of carbonyl (C=O) groups is 3. The largest absolute Gasteiger partial charge is 0.497 e. The van der Waals surface area contributed by atoms with Crippen LogP contribution < -0.4 is 20.3 Å². The van der Waals surface area contributed by atoms with Gasteiger partial charge in [-0.3, -0.25) is 19.3 Å². The lowest BCUT2D eigenvalue weighted by molar-refractivity contribution is -0.127. The second kappa shape index (κ2) is 11.9. The van der Waals surface area contributed by atoms with Crippen LogP contribution in [0.5, 0.6) is 5.75 Å². The van der Waals surface area contributed by atoms with Gasteiger partial charge in [0.1, 0.15) is 11.8 Å². The molecule has 0 radical (unpaired) electrons. The minimum atomic E-state index is -0.988. The zero-order valence-corrected chi connectivity index (χ0v) is 22.1. The normalized spacial score (nSPS) is 11.9. The molecule has 0 aliphatic heterocycles. The summed E-state index contributed by atoms with van der Waals surface area (Å²) in [6.07, 6.45) is 0.707. The molecular weight excluding hydrogens is 474 g/mol. The number of carbonyl (C=O) groups excluding carboxylic acids is 3. The van der Waals surface area contributed by atoms with E-state index in [1.54, 1.807) is 55.0 Å². The summed E-state index contributed by atoms with van der Waals surface area (Å²) in [5.74, 6) is -0.497. The second-order valence-electron chi connectivity index (χ2n) is 9.12. The van der Waals surface area contributed by atoms with Gasteiger partial charge < -0.3 is 15.4 Å². The smallest absolute Gasteiger partial charge is 0.261 e. The SMILES string of the molecule is CCC(C)(C)NC(=O)C(c1cccc(OC)c1)N(C(=O)CNC(=O)c1cccs1)c1ccccc1C. The molecule has 1 atom stereocenters. The molecule has 7 nitrogen and oxygen atoms in total. The molecule has 8 heteroatoms. The Morgan fingerprint density at radius 3 is 2.44 bits per heavy atom. The van der Waals surface area contributed by atoms with Gasteiger partial charge in [0, 0.05) is 11.2 Å². The topological polar surface area (TPSA) is 87.7 Å². The summed E-state index contributed by atoms with van der Waals surface area (Å²) in [5.41, 5.74) is 1.53. The first-order valence-corrected chi connectivity index (χ1v) is 12.7. The van der Waals surface area contributed by atoms with Gasteiger partial charge in [0.15, 0.2) is 0 Å². The van der Waals surface area contributed by atoms with Crippen LogP contribution in [0.3, 0.4) is 0 Å². The Kier molecular flexibility index (Phi) is 8.88. The summed E-state index contributed by atoms with van der Waals surface area (Å²) in [7, 11) is 1.55. The number of thiophene rings is 1. The highest BCUT2D eigenvalue weighted by Gasteiger charge is 2.35. The molecule has 2 N–H and O–H groups in total. The van der Waals surface area contributed by atoms with Crippen molar-refractivity contribution in [2.45, 2.75) is 45.7 Å². The summed E-state index contributed by atoms with van der Waals surface area (Å²) >= 11 is 1.30.